The summed E-state index contributed by atoms with van der Waals surface area (Å²) in [5, 5.41) is 11.5. The molecular formula is C13H18BrN3O3. The average Bonchev–Trinajstić information content (AvgIpc) is 2.45. The van der Waals surface area contributed by atoms with Crippen LogP contribution in [0.4, 0.5) is 0 Å². The molecule has 110 valence electrons. The van der Waals surface area contributed by atoms with Crippen molar-refractivity contribution in [2.45, 2.75) is 19.4 Å². The SMILES string of the molecule is COc1cc(Br)ccc1C(=O)N(C)C(C)C/C(N)=N/O. The van der Waals surface area contributed by atoms with Crippen LogP contribution >= 0.6 is 15.9 Å². The molecule has 0 aliphatic carbocycles. The van der Waals surface area contributed by atoms with Gasteiger partial charge in [-0.25, -0.2) is 0 Å². The molecule has 0 heterocycles. The Labute approximate surface area is 126 Å². The van der Waals surface area contributed by atoms with Crippen LogP contribution in [0.3, 0.4) is 0 Å². The number of amidine groups is 1. The summed E-state index contributed by atoms with van der Waals surface area (Å²) in [5.74, 6) is 0.389. The molecule has 0 radical (unpaired) electrons. The number of oxime groups is 1. The summed E-state index contributed by atoms with van der Waals surface area (Å²) in [6, 6.07) is 5.00. The Morgan fingerprint density at radius 1 is 1.60 bits per heavy atom. The first kappa shape index (κ1) is 16.3. The summed E-state index contributed by atoms with van der Waals surface area (Å²) in [5.41, 5.74) is 5.92. The minimum atomic E-state index is -0.202. The van der Waals surface area contributed by atoms with E-state index in [0.29, 0.717) is 11.3 Å². The fraction of sp³-hybridized carbons (Fsp3) is 0.385. The number of carbonyl (C=O) groups is 1. The Hall–Kier alpha value is -1.76. The molecule has 0 fully saturated rings. The summed E-state index contributed by atoms with van der Waals surface area (Å²) in [7, 11) is 3.18. The molecule has 1 amide bonds. The molecule has 0 spiro atoms. The first-order valence-corrected chi connectivity index (χ1v) is 6.77. The van der Waals surface area contributed by atoms with Crippen molar-refractivity contribution < 1.29 is 14.7 Å². The molecule has 0 saturated heterocycles. The van der Waals surface area contributed by atoms with Gasteiger partial charge in [0.05, 0.1) is 12.7 Å². The molecule has 7 heteroatoms. The van der Waals surface area contributed by atoms with Gasteiger partial charge in [-0.2, -0.15) is 0 Å². The van der Waals surface area contributed by atoms with E-state index in [1.54, 1.807) is 25.2 Å². The molecule has 20 heavy (non-hydrogen) atoms. The summed E-state index contributed by atoms with van der Waals surface area (Å²) in [6.07, 6.45) is 0.289. The van der Waals surface area contributed by atoms with Crippen molar-refractivity contribution in [3.05, 3.63) is 28.2 Å². The van der Waals surface area contributed by atoms with Crippen LogP contribution in [0.5, 0.6) is 5.75 Å². The Bertz CT molecular complexity index is 520. The molecule has 0 aliphatic rings. The third kappa shape index (κ3) is 3.86. The number of methoxy groups -OCH3 is 1. The molecule has 0 saturated carbocycles. The largest absolute Gasteiger partial charge is 0.496 e. The lowest BCUT2D eigenvalue weighted by atomic mass is 10.1. The molecule has 1 atom stereocenters. The molecule has 1 aromatic rings. The Morgan fingerprint density at radius 2 is 2.25 bits per heavy atom. The van der Waals surface area contributed by atoms with Crippen LogP contribution in [-0.2, 0) is 0 Å². The molecule has 0 bridgehead atoms. The highest BCUT2D eigenvalue weighted by molar-refractivity contribution is 9.10. The highest BCUT2D eigenvalue weighted by Gasteiger charge is 2.21. The lowest BCUT2D eigenvalue weighted by Crippen LogP contribution is -2.38. The van der Waals surface area contributed by atoms with Gasteiger partial charge in [0.1, 0.15) is 11.6 Å². The second-order valence-electron chi connectivity index (χ2n) is 4.41. The van der Waals surface area contributed by atoms with Gasteiger partial charge in [0.2, 0.25) is 0 Å². The third-order valence-corrected chi connectivity index (χ3v) is 3.50. The van der Waals surface area contributed by atoms with E-state index in [-0.39, 0.29) is 24.2 Å². The Kier molecular flexibility index (Phi) is 5.82. The number of amides is 1. The number of rotatable bonds is 5. The second-order valence-corrected chi connectivity index (χ2v) is 5.32. The van der Waals surface area contributed by atoms with E-state index in [1.165, 1.54) is 12.0 Å². The predicted molar refractivity (Wildman–Crippen MR) is 80.3 cm³/mol. The van der Waals surface area contributed by atoms with E-state index in [4.69, 9.17) is 15.7 Å². The minimum absolute atomic E-state index is 0.0833. The monoisotopic (exact) mass is 343 g/mol. The predicted octanol–water partition coefficient (Wildman–Crippen LogP) is 2.05. The van der Waals surface area contributed by atoms with E-state index < -0.39 is 0 Å². The summed E-state index contributed by atoms with van der Waals surface area (Å²) in [6.45, 7) is 1.82. The smallest absolute Gasteiger partial charge is 0.257 e. The van der Waals surface area contributed by atoms with Gasteiger partial charge in [-0.05, 0) is 25.1 Å². The van der Waals surface area contributed by atoms with Gasteiger partial charge in [0, 0.05) is 24.0 Å². The minimum Gasteiger partial charge on any atom is -0.496 e. The molecule has 1 aromatic carbocycles. The van der Waals surface area contributed by atoms with Crippen molar-refractivity contribution in [2.24, 2.45) is 10.9 Å². The zero-order valence-electron chi connectivity index (χ0n) is 11.6. The number of halogens is 1. The standard InChI is InChI=1S/C13H18BrN3O3/c1-8(6-12(15)16-19)17(2)13(18)10-5-4-9(14)7-11(10)20-3/h4-5,7-8,19H,6H2,1-3H3,(H2,15,16). The van der Waals surface area contributed by atoms with Crippen molar-refractivity contribution in [3.8, 4) is 5.75 Å². The Morgan fingerprint density at radius 3 is 2.80 bits per heavy atom. The van der Waals surface area contributed by atoms with Crippen molar-refractivity contribution >= 4 is 27.7 Å². The number of hydrogen-bond donors (Lipinski definition) is 2. The van der Waals surface area contributed by atoms with Crippen molar-refractivity contribution in [1.82, 2.24) is 4.90 Å². The van der Waals surface area contributed by atoms with E-state index in [0.717, 1.165) is 4.47 Å². The van der Waals surface area contributed by atoms with Crippen LogP contribution in [0.2, 0.25) is 0 Å². The second kappa shape index (κ2) is 7.14. The van der Waals surface area contributed by atoms with E-state index in [1.807, 2.05) is 6.92 Å². The fourth-order valence-corrected chi connectivity index (χ4v) is 2.05. The first-order valence-electron chi connectivity index (χ1n) is 5.97. The zero-order chi connectivity index (χ0) is 15.3. The van der Waals surface area contributed by atoms with Crippen LogP contribution < -0.4 is 10.5 Å². The third-order valence-electron chi connectivity index (χ3n) is 3.01. The van der Waals surface area contributed by atoms with E-state index in [9.17, 15) is 4.79 Å². The molecule has 1 unspecified atom stereocenters. The highest BCUT2D eigenvalue weighted by Crippen LogP contribution is 2.25. The summed E-state index contributed by atoms with van der Waals surface area (Å²) < 4.78 is 6.05. The number of benzene rings is 1. The molecule has 0 aromatic heterocycles. The van der Waals surface area contributed by atoms with Gasteiger partial charge in [0.15, 0.2) is 0 Å². The Balaban J connectivity index is 2.94. The van der Waals surface area contributed by atoms with E-state index in [2.05, 4.69) is 21.1 Å². The number of carbonyl (C=O) groups excluding carboxylic acids is 1. The van der Waals surface area contributed by atoms with Gasteiger partial charge in [-0.15, -0.1) is 0 Å². The number of nitrogens with zero attached hydrogens (tertiary/aromatic N) is 2. The lowest BCUT2D eigenvalue weighted by molar-refractivity contribution is 0.0744. The first-order chi connectivity index (χ1) is 9.40. The van der Waals surface area contributed by atoms with Crippen molar-refractivity contribution in [1.29, 1.82) is 0 Å². The number of nitrogens with two attached hydrogens (primary N) is 1. The van der Waals surface area contributed by atoms with Crippen LogP contribution in [0, 0.1) is 0 Å². The maximum Gasteiger partial charge on any atom is 0.257 e. The van der Waals surface area contributed by atoms with Gasteiger partial charge < -0.3 is 20.6 Å². The molecule has 6 nitrogen and oxygen atoms in total. The number of hydrogen-bond acceptors (Lipinski definition) is 4. The normalized spacial score (nSPS) is 12.9. The van der Waals surface area contributed by atoms with Crippen molar-refractivity contribution in [2.75, 3.05) is 14.2 Å². The van der Waals surface area contributed by atoms with Gasteiger partial charge >= 0.3 is 0 Å². The van der Waals surface area contributed by atoms with Crippen LogP contribution in [-0.4, -0.2) is 42.0 Å². The summed E-state index contributed by atoms with van der Waals surface area (Å²) in [4.78, 5) is 14.0. The van der Waals surface area contributed by atoms with Gasteiger partial charge in [-0.3, -0.25) is 4.79 Å². The van der Waals surface area contributed by atoms with Crippen LogP contribution in [0.1, 0.15) is 23.7 Å². The van der Waals surface area contributed by atoms with Crippen molar-refractivity contribution in [3.63, 3.8) is 0 Å². The molecule has 1 rings (SSSR count). The molecule has 3 N–H and O–H groups in total. The highest BCUT2D eigenvalue weighted by atomic mass is 79.9. The molecular weight excluding hydrogens is 326 g/mol. The van der Waals surface area contributed by atoms with Crippen LogP contribution in [0.25, 0.3) is 0 Å². The summed E-state index contributed by atoms with van der Waals surface area (Å²) >= 11 is 3.33. The van der Waals surface area contributed by atoms with E-state index >= 15 is 0 Å². The maximum atomic E-state index is 12.4. The maximum absolute atomic E-state index is 12.4. The fourth-order valence-electron chi connectivity index (χ4n) is 1.71. The van der Waals surface area contributed by atoms with Gasteiger partial charge in [0.25, 0.3) is 5.91 Å². The quantitative estimate of drug-likeness (QED) is 0.370. The lowest BCUT2D eigenvalue weighted by Gasteiger charge is -2.25. The van der Waals surface area contributed by atoms with Gasteiger partial charge in [-0.1, -0.05) is 21.1 Å². The zero-order valence-corrected chi connectivity index (χ0v) is 13.2. The number of ether oxygens (including phenoxy) is 1. The topological polar surface area (TPSA) is 88.2 Å². The average molecular weight is 344 g/mol. The van der Waals surface area contributed by atoms with Crippen LogP contribution in [0.15, 0.2) is 27.8 Å². The molecule has 0 aliphatic heterocycles.